The summed E-state index contributed by atoms with van der Waals surface area (Å²) in [5.41, 5.74) is 6.24. The average Bonchev–Trinajstić information content (AvgIpc) is 3.01. The van der Waals surface area contributed by atoms with Crippen molar-refractivity contribution in [2.24, 2.45) is 7.05 Å². The van der Waals surface area contributed by atoms with Gasteiger partial charge in [-0.3, -0.25) is 0 Å². The Morgan fingerprint density at radius 3 is 2.35 bits per heavy atom. The lowest BCUT2D eigenvalue weighted by atomic mass is 10.0. The lowest BCUT2D eigenvalue weighted by Crippen LogP contribution is -2.31. The van der Waals surface area contributed by atoms with Crippen molar-refractivity contribution in [3.8, 4) is 16.9 Å². The molecule has 2 heteroatoms. The number of fused-ring (bicyclic) bond motifs is 1. The van der Waals surface area contributed by atoms with E-state index >= 15 is 0 Å². The number of aryl methyl sites for hydroxylation is 2. The Labute approximate surface area is 136 Å². The first kappa shape index (κ1) is 13.8. The van der Waals surface area contributed by atoms with Crippen LogP contribution in [0.25, 0.3) is 27.8 Å². The van der Waals surface area contributed by atoms with Crippen molar-refractivity contribution < 1.29 is 4.57 Å². The first-order valence-electron chi connectivity index (χ1n) is 7.87. The molecule has 0 radical (unpaired) electrons. The number of pyridine rings is 1. The summed E-state index contributed by atoms with van der Waals surface area (Å²) < 4.78 is 4.49. The molecule has 0 N–H and O–H groups in total. The molecule has 2 aromatic heterocycles. The van der Waals surface area contributed by atoms with E-state index in [0.29, 0.717) is 0 Å². The Hall–Kier alpha value is -2.87. The van der Waals surface area contributed by atoms with Crippen LogP contribution >= 0.6 is 0 Å². The average molecular weight is 299 g/mol. The molecule has 4 rings (SSSR count). The maximum absolute atomic E-state index is 2.27. The predicted molar refractivity (Wildman–Crippen MR) is 94.6 cm³/mol. The van der Waals surface area contributed by atoms with E-state index in [-0.39, 0.29) is 0 Å². The van der Waals surface area contributed by atoms with Crippen molar-refractivity contribution in [1.29, 1.82) is 0 Å². The fourth-order valence-corrected chi connectivity index (χ4v) is 3.23. The number of hydrogen-bond acceptors (Lipinski definition) is 0. The van der Waals surface area contributed by atoms with Gasteiger partial charge < -0.3 is 4.57 Å². The number of para-hydroxylation sites is 1. The smallest absolute Gasteiger partial charge is 0.237 e. The van der Waals surface area contributed by atoms with Crippen molar-refractivity contribution in [3.05, 3.63) is 84.7 Å². The standard InChI is InChI=1S/C21H19N2/c1-16-8-6-7-11-19(16)21-20-17(12-14-22(21)2)13-15-23(20)18-9-4-3-5-10-18/h3-15H,1-2H3/q+1. The molecule has 0 saturated carbocycles. The summed E-state index contributed by atoms with van der Waals surface area (Å²) in [6, 6.07) is 23.4. The highest BCUT2D eigenvalue weighted by atomic mass is 15.0. The molecule has 2 nitrogen and oxygen atoms in total. The summed E-state index contributed by atoms with van der Waals surface area (Å²) in [5.74, 6) is 0. The third-order valence-electron chi connectivity index (χ3n) is 4.41. The molecule has 0 atom stereocenters. The van der Waals surface area contributed by atoms with Crippen LogP contribution in [0.2, 0.25) is 0 Å². The number of nitrogens with zero attached hydrogens (tertiary/aromatic N) is 2. The highest BCUT2D eigenvalue weighted by Gasteiger charge is 2.20. The quantitative estimate of drug-likeness (QED) is 0.484. The van der Waals surface area contributed by atoms with Crippen LogP contribution in [0.3, 0.4) is 0 Å². The number of benzene rings is 2. The summed E-state index contributed by atoms with van der Waals surface area (Å²) in [7, 11) is 2.11. The molecule has 2 aromatic carbocycles. The van der Waals surface area contributed by atoms with Crippen LogP contribution in [0, 0.1) is 6.92 Å². The molecule has 0 saturated heterocycles. The van der Waals surface area contributed by atoms with Gasteiger partial charge in [-0.25, -0.2) is 0 Å². The van der Waals surface area contributed by atoms with Crippen LogP contribution in [0.5, 0.6) is 0 Å². The van der Waals surface area contributed by atoms with Crippen LogP contribution in [0.1, 0.15) is 5.56 Å². The van der Waals surface area contributed by atoms with E-state index in [1.165, 1.54) is 33.4 Å². The van der Waals surface area contributed by atoms with Crippen LogP contribution < -0.4 is 4.57 Å². The molecule has 23 heavy (non-hydrogen) atoms. The highest BCUT2D eigenvalue weighted by molar-refractivity contribution is 5.92. The van der Waals surface area contributed by atoms with Gasteiger partial charge in [0.15, 0.2) is 6.20 Å². The van der Waals surface area contributed by atoms with Gasteiger partial charge in [-0.1, -0.05) is 36.4 Å². The molecular weight excluding hydrogens is 280 g/mol. The van der Waals surface area contributed by atoms with Gasteiger partial charge in [-0.15, -0.1) is 0 Å². The Morgan fingerprint density at radius 2 is 1.57 bits per heavy atom. The van der Waals surface area contributed by atoms with Gasteiger partial charge in [0.05, 0.1) is 5.56 Å². The van der Waals surface area contributed by atoms with Gasteiger partial charge in [0.2, 0.25) is 5.69 Å². The SMILES string of the molecule is Cc1ccccc1-c1c2c(ccn2-c2ccccc2)cc[n+]1C. The largest absolute Gasteiger partial charge is 0.311 e. The Bertz CT molecular complexity index is 981. The Balaban J connectivity index is 2.10. The third-order valence-corrected chi connectivity index (χ3v) is 4.41. The summed E-state index contributed by atoms with van der Waals surface area (Å²) in [6.45, 7) is 2.17. The molecule has 0 amide bonds. The van der Waals surface area contributed by atoms with Gasteiger partial charge in [-0.05, 0) is 36.8 Å². The molecule has 4 aromatic rings. The normalized spacial score (nSPS) is 11.0. The van der Waals surface area contributed by atoms with Crippen molar-refractivity contribution in [2.75, 3.05) is 0 Å². The third kappa shape index (κ3) is 2.23. The molecule has 0 aliphatic heterocycles. The molecule has 0 aliphatic carbocycles. The predicted octanol–water partition coefficient (Wildman–Crippen LogP) is 4.43. The number of hydrogen-bond donors (Lipinski definition) is 0. The van der Waals surface area contributed by atoms with Crippen molar-refractivity contribution >= 4 is 10.9 Å². The Morgan fingerprint density at radius 1 is 0.826 bits per heavy atom. The van der Waals surface area contributed by atoms with Crippen LogP contribution in [-0.4, -0.2) is 4.57 Å². The van der Waals surface area contributed by atoms with E-state index in [0.717, 1.165) is 0 Å². The maximum atomic E-state index is 2.27. The van der Waals surface area contributed by atoms with Gasteiger partial charge in [0.1, 0.15) is 12.6 Å². The summed E-state index contributed by atoms with van der Waals surface area (Å²) >= 11 is 0. The molecule has 2 heterocycles. The van der Waals surface area contributed by atoms with Crippen molar-refractivity contribution in [3.63, 3.8) is 0 Å². The lowest BCUT2D eigenvalue weighted by Gasteiger charge is -2.10. The van der Waals surface area contributed by atoms with Gasteiger partial charge in [0.25, 0.3) is 0 Å². The molecule has 0 unspecified atom stereocenters. The number of aromatic nitrogens is 2. The zero-order valence-electron chi connectivity index (χ0n) is 13.4. The van der Waals surface area contributed by atoms with E-state index < -0.39 is 0 Å². The zero-order valence-corrected chi connectivity index (χ0v) is 13.4. The van der Waals surface area contributed by atoms with E-state index in [2.05, 4.69) is 102 Å². The zero-order chi connectivity index (χ0) is 15.8. The first-order chi connectivity index (χ1) is 11.3. The van der Waals surface area contributed by atoms with E-state index in [9.17, 15) is 0 Å². The molecule has 0 spiro atoms. The van der Waals surface area contributed by atoms with Gasteiger partial charge in [0, 0.05) is 23.3 Å². The fourth-order valence-electron chi connectivity index (χ4n) is 3.23. The molecule has 112 valence electrons. The van der Waals surface area contributed by atoms with E-state index in [1.807, 2.05) is 0 Å². The topological polar surface area (TPSA) is 8.81 Å². The van der Waals surface area contributed by atoms with Crippen LogP contribution in [-0.2, 0) is 7.05 Å². The van der Waals surface area contributed by atoms with Gasteiger partial charge >= 0.3 is 0 Å². The monoisotopic (exact) mass is 299 g/mol. The van der Waals surface area contributed by atoms with Gasteiger partial charge in [-0.2, -0.15) is 4.57 Å². The van der Waals surface area contributed by atoms with E-state index in [1.54, 1.807) is 0 Å². The Kier molecular flexibility index (Phi) is 3.23. The number of rotatable bonds is 2. The second-order valence-corrected chi connectivity index (χ2v) is 5.92. The summed E-state index contributed by atoms with van der Waals surface area (Å²) in [5, 5.41) is 1.25. The highest BCUT2D eigenvalue weighted by Crippen LogP contribution is 2.30. The summed E-state index contributed by atoms with van der Waals surface area (Å²) in [6.07, 6.45) is 4.29. The van der Waals surface area contributed by atoms with E-state index in [4.69, 9.17) is 0 Å². The first-order valence-corrected chi connectivity index (χ1v) is 7.87. The second kappa shape index (κ2) is 5.40. The minimum absolute atomic E-state index is 1.18. The minimum atomic E-state index is 1.18. The van der Waals surface area contributed by atoms with Crippen LogP contribution in [0.4, 0.5) is 0 Å². The summed E-state index contributed by atoms with van der Waals surface area (Å²) in [4.78, 5) is 0. The molecular formula is C21H19N2+. The van der Waals surface area contributed by atoms with Crippen molar-refractivity contribution in [1.82, 2.24) is 4.57 Å². The molecule has 0 fully saturated rings. The maximum Gasteiger partial charge on any atom is 0.237 e. The lowest BCUT2D eigenvalue weighted by molar-refractivity contribution is -0.659. The van der Waals surface area contributed by atoms with Crippen LogP contribution in [0.15, 0.2) is 79.1 Å². The van der Waals surface area contributed by atoms with Crippen molar-refractivity contribution in [2.45, 2.75) is 6.92 Å². The minimum Gasteiger partial charge on any atom is -0.311 e. The second-order valence-electron chi connectivity index (χ2n) is 5.92. The molecule has 0 aliphatic rings. The molecule has 0 bridgehead atoms. The fraction of sp³-hybridized carbons (Fsp3) is 0.0952.